The lowest BCUT2D eigenvalue weighted by atomic mass is 10.1. The van der Waals surface area contributed by atoms with Crippen LogP contribution in [-0.4, -0.2) is 15.9 Å². The molecule has 0 fully saturated rings. The highest BCUT2D eigenvalue weighted by Gasteiger charge is 2.20. The van der Waals surface area contributed by atoms with Gasteiger partial charge in [0.25, 0.3) is 0 Å². The van der Waals surface area contributed by atoms with Crippen LogP contribution in [0.3, 0.4) is 0 Å². The van der Waals surface area contributed by atoms with Crippen molar-refractivity contribution >= 4 is 61.3 Å². The second-order valence-corrected chi connectivity index (χ2v) is 8.65. The highest BCUT2D eigenvalue weighted by molar-refractivity contribution is 7.19. The lowest BCUT2D eigenvalue weighted by molar-refractivity contribution is -0.115. The minimum Gasteiger partial charge on any atom is -0.274 e. The first-order chi connectivity index (χ1) is 14.5. The summed E-state index contributed by atoms with van der Waals surface area (Å²) >= 11 is 2.85. The number of anilines is 2. The smallest absolute Gasteiger partial charge is 0.230 e. The molecule has 1 amide bonds. The van der Waals surface area contributed by atoms with E-state index >= 15 is 0 Å². The quantitative estimate of drug-likeness (QED) is 0.366. The topological polar surface area (TPSA) is 69.9 Å². The zero-order valence-electron chi connectivity index (χ0n) is 16.7. The van der Waals surface area contributed by atoms with Gasteiger partial charge in [0, 0.05) is 12.3 Å². The molecule has 2 aromatic carbocycles. The number of para-hydroxylation sites is 1. The van der Waals surface area contributed by atoms with Crippen LogP contribution in [0, 0.1) is 25.2 Å². The third-order valence-electron chi connectivity index (χ3n) is 4.77. The number of nitriles is 1. The van der Waals surface area contributed by atoms with Crippen LogP contribution in [0.2, 0.25) is 0 Å². The van der Waals surface area contributed by atoms with Crippen LogP contribution >= 0.6 is 22.7 Å². The van der Waals surface area contributed by atoms with Gasteiger partial charge in [-0.15, -0.1) is 22.7 Å². The normalized spacial score (nSPS) is 11.5. The fourth-order valence-electron chi connectivity index (χ4n) is 3.11. The average Bonchev–Trinajstić information content (AvgIpc) is 3.36. The van der Waals surface area contributed by atoms with Crippen LogP contribution in [0.4, 0.5) is 10.8 Å². The van der Waals surface area contributed by atoms with Gasteiger partial charge < -0.3 is 0 Å². The molecule has 0 radical (unpaired) electrons. The number of aromatic nitrogens is 2. The highest BCUT2D eigenvalue weighted by Crippen LogP contribution is 2.34. The Bertz CT molecular complexity index is 1290. The molecule has 148 valence electrons. The van der Waals surface area contributed by atoms with Crippen molar-refractivity contribution in [3.8, 4) is 6.07 Å². The molecule has 4 rings (SSSR count). The second-order valence-electron chi connectivity index (χ2n) is 6.78. The summed E-state index contributed by atoms with van der Waals surface area (Å²) in [7, 11) is 0. The SMILES string of the molecule is CC(=O)N(c1nc(/C=C(\C#N)c2nc3ccccc3s2)cs1)c1cccc(C)c1C. The predicted octanol–water partition coefficient (Wildman–Crippen LogP) is 6.12. The van der Waals surface area contributed by atoms with Crippen LogP contribution in [0.5, 0.6) is 0 Å². The van der Waals surface area contributed by atoms with E-state index in [9.17, 15) is 10.1 Å². The second kappa shape index (κ2) is 8.19. The molecule has 0 aliphatic rings. The summed E-state index contributed by atoms with van der Waals surface area (Å²) in [6, 6.07) is 15.9. The highest BCUT2D eigenvalue weighted by atomic mass is 32.1. The van der Waals surface area contributed by atoms with Gasteiger partial charge in [0.2, 0.25) is 5.91 Å². The Morgan fingerprint density at radius 1 is 1.13 bits per heavy atom. The molecule has 2 aromatic heterocycles. The molecule has 0 bridgehead atoms. The Kier molecular flexibility index (Phi) is 5.44. The fraction of sp³-hybridized carbons (Fsp3) is 0.130. The van der Waals surface area contributed by atoms with Crippen molar-refractivity contribution in [3.63, 3.8) is 0 Å². The summed E-state index contributed by atoms with van der Waals surface area (Å²) in [6.45, 7) is 5.54. The molecule has 0 spiro atoms. The van der Waals surface area contributed by atoms with E-state index in [2.05, 4.69) is 16.0 Å². The van der Waals surface area contributed by atoms with Gasteiger partial charge in [-0.2, -0.15) is 5.26 Å². The van der Waals surface area contributed by atoms with E-state index in [1.807, 2.05) is 61.7 Å². The van der Waals surface area contributed by atoms with Crippen LogP contribution in [-0.2, 0) is 4.79 Å². The lowest BCUT2D eigenvalue weighted by Crippen LogP contribution is -2.23. The molecule has 0 aliphatic heterocycles. The largest absolute Gasteiger partial charge is 0.274 e. The number of rotatable bonds is 4. The summed E-state index contributed by atoms with van der Waals surface area (Å²) < 4.78 is 1.03. The first-order valence-electron chi connectivity index (χ1n) is 9.28. The lowest BCUT2D eigenvalue weighted by Gasteiger charge is -2.21. The number of hydrogen-bond acceptors (Lipinski definition) is 6. The van der Waals surface area contributed by atoms with E-state index in [0.717, 1.165) is 27.0 Å². The van der Waals surface area contributed by atoms with Crippen LogP contribution in [0.15, 0.2) is 47.8 Å². The Morgan fingerprint density at radius 3 is 2.67 bits per heavy atom. The number of carbonyl (C=O) groups excluding carboxylic acids is 1. The third kappa shape index (κ3) is 3.75. The minimum absolute atomic E-state index is 0.111. The Labute approximate surface area is 182 Å². The number of thiazole rings is 2. The first kappa shape index (κ1) is 20.0. The summed E-state index contributed by atoms with van der Waals surface area (Å²) in [6.07, 6.45) is 1.72. The molecule has 0 saturated heterocycles. The molecule has 0 unspecified atom stereocenters. The van der Waals surface area contributed by atoms with Gasteiger partial charge in [-0.3, -0.25) is 9.69 Å². The van der Waals surface area contributed by atoms with Crippen molar-refractivity contribution in [1.82, 2.24) is 9.97 Å². The number of hydrogen-bond donors (Lipinski definition) is 0. The van der Waals surface area contributed by atoms with E-state index in [0.29, 0.717) is 21.4 Å². The van der Waals surface area contributed by atoms with Crippen molar-refractivity contribution in [2.75, 3.05) is 4.90 Å². The van der Waals surface area contributed by atoms with Crippen molar-refractivity contribution in [3.05, 3.63) is 69.7 Å². The Balaban J connectivity index is 1.72. The third-order valence-corrected chi connectivity index (χ3v) is 6.68. The number of amides is 1. The number of allylic oxidation sites excluding steroid dienone is 1. The van der Waals surface area contributed by atoms with Crippen molar-refractivity contribution in [2.45, 2.75) is 20.8 Å². The zero-order valence-corrected chi connectivity index (χ0v) is 18.3. The van der Waals surface area contributed by atoms with Crippen molar-refractivity contribution < 1.29 is 4.79 Å². The molecule has 7 heteroatoms. The zero-order chi connectivity index (χ0) is 21.3. The molecule has 2 heterocycles. The van der Waals surface area contributed by atoms with Gasteiger partial charge in [0.05, 0.1) is 27.2 Å². The van der Waals surface area contributed by atoms with Crippen molar-refractivity contribution in [2.24, 2.45) is 0 Å². The number of benzene rings is 2. The van der Waals surface area contributed by atoms with Gasteiger partial charge in [0.1, 0.15) is 11.1 Å². The summed E-state index contributed by atoms with van der Waals surface area (Å²) in [5.41, 5.74) is 4.91. The first-order valence-corrected chi connectivity index (χ1v) is 11.0. The Morgan fingerprint density at radius 2 is 1.93 bits per heavy atom. The van der Waals surface area contributed by atoms with E-state index in [1.54, 1.807) is 11.0 Å². The summed E-state index contributed by atoms with van der Waals surface area (Å²) in [5, 5.41) is 12.8. The average molecular weight is 431 g/mol. The van der Waals surface area contributed by atoms with Crippen LogP contribution < -0.4 is 4.90 Å². The van der Waals surface area contributed by atoms with Crippen molar-refractivity contribution in [1.29, 1.82) is 5.26 Å². The molecular weight excluding hydrogens is 412 g/mol. The molecule has 0 atom stereocenters. The molecule has 4 aromatic rings. The van der Waals surface area contributed by atoms with Gasteiger partial charge in [-0.1, -0.05) is 24.3 Å². The minimum atomic E-state index is -0.111. The predicted molar refractivity (Wildman–Crippen MR) is 124 cm³/mol. The number of fused-ring (bicyclic) bond motifs is 1. The van der Waals surface area contributed by atoms with E-state index in [1.165, 1.54) is 29.6 Å². The van der Waals surface area contributed by atoms with E-state index in [4.69, 9.17) is 0 Å². The molecule has 30 heavy (non-hydrogen) atoms. The van der Waals surface area contributed by atoms with Crippen LogP contribution in [0.25, 0.3) is 21.9 Å². The maximum absolute atomic E-state index is 12.4. The van der Waals surface area contributed by atoms with Gasteiger partial charge in [-0.25, -0.2) is 9.97 Å². The molecule has 5 nitrogen and oxygen atoms in total. The standard InChI is InChI=1S/C23H18N4OS2/c1-14-7-6-9-20(15(14)2)27(16(3)28)23-25-18(13-29-23)11-17(12-24)22-26-19-8-4-5-10-21(19)30-22/h4-11,13H,1-3H3/b17-11+. The van der Waals surface area contributed by atoms with Gasteiger partial charge in [0.15, 0.2) is 5.13 Å². The monoisotopic (exact) mass is 430 g/mol. The van der Waals surface area contributed by atoms with E-state index < -0.39 is 0 Å². The number of aryl methyl sites for hydroxylation is 1. The van der Waals surface area contributed by atoms with E-state index in [-0.39, 0.29) is 5.91 Å². The molecule has 0 aliphatic carbocycles. The summed E-state index contributed by atoms with van der Waals surface area (Å²) in [4.78, 5) is 23.2. The fourth-order valence-corrected chi connectivity index (χ4v) is 4.88. The van der Waals surface area contributed by atoms with Gasteiger partial charge in [-0.05, 0) is 49.2 Å². The van der Waals surface area contributed by atoms with Gasteiger partial charge >= 0.3 is 0 Å². The molecule has 0 N–H and O–H groups in total. The Hall–Kier alpha value is -3.34. The summed E-state index contributed by atoms with van der Waals surface area (Å²) in [5.74, 6) is -0.111. The maximum atomic E-state index is 12.4. The number of nitrogens with zero attached hydrogens (tertiary/aromatic N) is 4. The molecular formula is C23H18N4OS2. The van der Waals surface area contributed by atoms with Crippen LogP contribution in [0.1, 0.15) is 28.8 Å². The maximum Gasteiger partial charge on any atom is 0.230 e. The molecule has 0 saturated carbocycles. The number of carbonyl (C=O) groups is 1.